The van der Waals surface area contributed by atoms with E-state index in [4.69, 9.17) is 11.6 Å². The summed E-state index contributed by atoms with van der Waals surface area (Å²) in [6.45, 7) is 0.802. The molecule has 0 fully saturated rings. The molecule has 1 N–H and O–H groups in total. The molecule has 0 atom stereocenters. The van der Waals surface area contributed by atoms with Crippen LogP contribution in [-0.2, 0) is 0 Å². The monoisotopic (exact) mass is 267 g/mol. The first-order chi connectivity index (χ1) is 7.82. The molecule has 0 saturated carbocycles. The first-order valence-electron chi connectivity index (χ1n) is 4.74. The summed E-state index contributed by atoms with van der Waals surface area (Å²) in [5.41, 5.74) is -0.738. The Morgan fingerprint density at radius 3 is 2.59 bits per heavy atom. The Hall–Kier alpha value is -1.23. The molecule has 0 aliphatic carbocycles. The van der Waals surface area contributed by atoms with Gasteiger partial charge in [0.15, 0.2) is 0 Å². The zero-order valence-electron chi connectivity index (χ0n) is 8.91. The van der Waals surface area contributed by atoms with Crippen molar-refractivity contribution >= 4 is 17.3 Å². The highest BCUT2D eigenvalue weighted by atomic mass is 35.5. The number of benzene rings is 1. The highest BCUT2D eigenvalue weighted by Crippen LogP contribution is 2.26. The largest absolute Gasteiger partial charge is 0.412 e. The third kappa shape index (κ3) is 3.93. The maximum atomic E-state index is 13.2. The minimum Gasteiger partial charge on any atom is -0.378 e. The van der Waals surface area contributed by atoms with Gasteiger partial charge in [0.1, 0.15) is 5.82 Å². The lowest BCUT2D eigenvalue weighted by molar-refractivity contribution is -0.0914. The van der Waals surface area contributed by atoms with Crippen molar-refractivity contribution in [3.8, 4) is 0 Å². The Labute approximate surface area is 101 Å². The second kappa shape index (κ2) is 5.40. The van der Waals surface area contributed by atoms with Crippen LogP contribution in [0.4, 0.5) is 23.2 Å². The SMILES string of the molecule is CC(=CCNc1c(F)cccc1Cl)C(F)(F)F. The molecule has 0 bridgehead atoms. The van der Waals surface area contributed by atoms with Gasteiger partial charge >= 0.3 is 6.18 Å². The molecule has 0 aromatic heterocycles. The molecular formula is C11H10ClF4N. The smallest absolute Gasteiger partial charge is 0.378 e. The lowest BCUT2D eigenvalue weighted by Gasteiger charge is -2.09. The van der Waals surface area contributed by atoms with Crippen LogP contribution in [0.3, 0.4) is 0 Å². The number of allylic oxidation sites excluding steroid dienone is 1. The van der Waals surface area contributed by atoms with Gasteiger partial charge in [-0.15, -0.1) is 0 Å². The Morgan fingerprint density at radius 2 is 2.06 bits per heavy atom. The van der Waals surface area contributed by atoms with Gasteiger partial charge in [-0.3, -0.25) is 0 Å². The van der Waals surface area contributed by atoms with E-state index in [1.807, 2.05) is 0 Å². The van der Waals surface area contributed by atoms with Crippen molar-refractivity contribution in [1.82, 2.24) is 0 Å². The van der Waals surface area contributed by atoms with Gasteiger partial charge in [0.2, 0.25) is 0 Å². The fraction of sp³-hybridized carbons (Fsp3) is 0.273. The third-order valence-electron chi connectivity index (χ3n) is 2.10. The van der Waals surface area contributed by atoms with Gasteiger partial charge < -0.3 is 5.32 Å². The van der Waals surface area contributed by atoms with Crippen molar-refractivity contribution < 1.29 is 17.6 Å². The van der Waals surface area contributed by atoms with Gasteiger partial charge in [0, 0.05) is 12.1 Å². The standard InChI is InChI=1S/C11H10ClF4N/c1-7(11(14,15)16)5-6-17-10-8(12)3-2-4-9(10)13/h2-5,17H,6H2,1H3. The van der Waals surface area contributed by atoms with Crippen molar-refractivity contribution in [1.29, 1.82) is 0 Å². The van der Waals surface area contributed by atoms with Gasteiger partial charge in [0.25, 0.3) is 0 Å². The van der Waals surface area contributed by atoms with E-state index in [1.54, 1.807) is 0 Å². The summed E-state index contributed by atoms with van der Waals surface area (Å²) in [5, 5.41) is 2.63. The molecule has 94 valence electrons. The number of hydrogen-bond acceptors (Lipinski definition) is 1. The summed E-state index contributed by atoms with van der Waals surface area (Å²) in [5.74, 6) is -0.601. The van der Waals surface area contributed by atoms with E-state index in [9.17, 15) is 17.6 Å². The second-order valence-corrected chi connectivity index (χ2v) is 3.77. The van der Waals surface area contributed by atoms with E-state index in [-0.39, 0.29) is 17.3 Å². The molecule has 17 heavy (non-hydrogen) atoms. The maximum Gasteiger partial charge on any atom is 0.412 e. The summed E-state index contributed by atoms with van der Waals surface area (Å²) in [4.78, 5) is 0. The van der Waals surface area contributed by atoms with Crippen molar-refractivity contribution in [2.24, 2.45) is 0 Å². The Balaban J connectivity index is 2.69. The number of nitrogens with one attached hydrogen (secondary N) is 1. The number of halogens is 5. The average Bonchev–Trinajstić information content (AvgIpc) is 2.20. The van der Waals surface area contributed by atoms with E-state index in [0.29, 0.717) is 0 Å². The van der Waals surface area contributed by atoms with Crippen molar-refractivity contribution in [3.63, 3.8) is 0 Å². The van der Waals surface area contributed by atoms with Crippen LogP contribution in [0, 0.1) is 5.82 Å². The third-order valence-corrected chi connectivity index (χ3v) is 2.41. The zero-order valence-corrected chi connectivity index (χ0v) is 9.66. The van der Waals surface area contributed by atoms with Crippen LogP contribution >= 0.6 is 11.6 Å². The summed E-state index contributed by atoms with van der Waals surface area (Å²) >= 11 is 5.69. The number of rotatable bonds is 3. The molecule has 0 aliphatic rings. The predicted octanol–water partition coefficient (Wildman–Crippen LogP) is 4.40. The quantitative estimate of drug-likeness (QED) is 0.632. The highest BCUT2D eigenvalue weighted by molar-refractivity contribution is 6.33. The lowest BCUT2D eigenvalue weighted by atomic mass is 10.2. The van der Waals surface area contributed by atoms with Crippen molar-refractivity contribution in [2.45, 2.75) is 13.1 Å². The normalized spacial score (nSPS) is 12.7. The molecule has 0 saturated heterocycles. The van der Waals surface area contributed by atoms with E-state index >= 15 is 0 Å². The number of hydrogen-bond donors (Lipinski definition) is 1. The van der Waals surface area contributed by atoms with Gasteiger partial charge in [-0.25, -0.2) is 4.39 Å². The van der Waals surface area contributed by atoms with Gasteiger partial charge in [0.05, 0.1) is 10.7 Å². The Bertz CT molecular complexity index is 406. The molecule has 1 nitrogen and oxygen atoms in total. The number of para-hydroxylation sites is 1. The maximum absolute atomic E-state index is 13.2. The summed E-state index contributed by atoms with van der Waals surface area (Å²) in [6, 6.07) is 4.04. The Morgan fingerprint density at radius 1 is 1.41 bits per heavy atom. The van der Waals surface area contributed by atoms with Crippen LogP contribution in [-0.4, -0.2) is 12.7 Å². The van der Waals surface area contributed by atoms with Crippen LogP contribution < -0.4 is 5.32 Å². The molecule has 0 aliphatic heterocycles. The summed E-state index contributed by atoms with van der Waals surface area (Å²) < 4.78 is 49.6. The summed E-state index contributed by atoms with van der Waals surface area (Å²) in [6.07, 6.45) is -3.43. The lowest BCUT2D eigenvalue weighted by Crippen LogP contribution is -2.11. The van der Waals surface area contributed by atoms with Crippen LogP contribution in [0.25, 0.3) is 0 Å². The molecule has 1 aromatic rings. The van der Waals surface area contributed by atoms with E-state index < -0.39 is 17.6 Å². The molecule has 0 amide bonds. The summed E-state index contributed by atoms with van der Waals surface area (Å²) in [7, 11) is 0. The topological polar surface area (TPSA) is 12.0 Å². The minimum absolute atomic E-state index is 0.000362. The molecule has 1 rings (SSSR count). The van der Waals surface area contributed by atoms with Crippen LogP contribution in [0.5, 0.6) is 0 Å². The molecule has 0 unspecified atom stereocenters. The van der Waals surface area contributed by atoms with Gasteiger partial charge in [-0.1, -0.05) is 23.7 Å². The number of alkyl halides is 3. The van der Waals surface area contributed by atoms with E-state index in [0.717, 1.165) is 13.0 Å². The highest BCUT2D eigenvalue weighted by Gasteiger charge is 2.29. The first kappa shape index (κ1) is 13.8. The van der Waals surface area contributed by atoms with Crippen LogP contribution in [0.1, 0.15) is 6.92 Å². The molecule has 6 heteroatoms. The van der Waals surface area contributed by atoms with Crippen molar-refractivity contribution in [3.05, 3.63) is 40.7 Å². The van der Waals surface area contributed by atoms with E-state index in [2.05, 4.69) is 5.32 Å². The molecule has 1 aromatic carbocycles. The molecule has 0 heterocycles. The van der Waals surface area contributed by atoms with Gasteiger partial charge in [-0.2, -0.15) is 13.2 Å². The first-order valence-corrected chi connectivity index (χ1v) is 5.12. The van der Waals surface area contributed by atoms with Crippen molar-refractivity contribution in [2.75, 3.05) is 11.9 Å². The molecular weight excluding hydrogens is 258 g/mol. The second-order valence-electron chi connectivity index (χ2n) is 3.36. The number of anilines is 1. The van der Waals surface area contributed by atoms with Gasteiger partial charge in [-0.05, 0) is 19.1 Å². The van der Waals surface area contributed by atoms with Crippen LogP contribution in [0.15, 0.2) is 29.8 Å². The van der Waals surface area contributed by atoms with Crippen LogP contribution in [0.2, 0.25) is 5.02 Å². The fourth-order valence-corrected chi connectivity index (χ4v) is 1.32. The average molecular weight is 268 g/mol. The van der Waals surface area contributed by atoms with E-state index in [1.165, 1.54) is 18.2 Å². The predicted molar refractivity (Wildman–Crippen MR) is 59.7 cm³/mol. The fourth-order valence-electron chi connectivity index (χ4n) is 1.09. The Kier molecular flexibility index (Phi) is 4.40. The molecule has 0 spiro atoms. The minimum atomic E-state index is -4.36. The zero-order chi connectivity index (χ0) is 13.1. The molecule has 0 radical (unpaired) electrons.